The van der Waals surface area contributed by atoms with Crippen molar-refractivity contribution in [2.75, 3.05) is 7.11 Å². The zero-order chi connectivity index (χ0) is 17.9. The summed E-state index contributed by atoms with van der Waals surface area (Å²) >= 11 is 0. The number of aliphatic carboxylic acids is 1. The van der Waals surface area contributed by atoms with E-state index in [4.69, 9.17) is 20.3 Å². The van der Waals surface area contributed by atoms with Crippen LogP contribution in [-0.4, -0.2) is 30.2 Å². The molecule has 0 saturated heterocycles. The molecule has 0 saturated carbocycles. The second-order valence-electron chi connectivity index (χ2n) is 5.77. The predicted octanol–water partition coefficient (Wildman–Crippen LogP) is 2.92. The average molecular weight is 337 g/mol. The number of carboxylic acid groups (broad SMARTS) is 1. The summed E-state index contributed by atoms with van der Waals surface area (Å²) in [6, 6.07) is 3.96. The predicted molar refractivity (Wildman–Crippen MR) is 91.3 cm³/mol. The van der Waals surface area contributed by atoms with Crippen LogP contribution in [0.1, 0.15) is 51.0 Å². The lowest BCUT2D eigenvalue weighted by Gasteiger charge is -2.12. The Bertz CT molecular complexity index is 544. The summed E-state index contributed by atoms with van der Waals surface area (Å²) in [4.78, 5) is 22.7. The van der Waals surface area contributed by atoms with E-state index >= 15 is 0 Å². The quantitative estimate of drug-likeness (QED) is 0.366. The van der Waals surface area contributed by atoms with E-state index in [1.54, 1.807) is 18.2 Å². The molecule has 6 nitrogen and oxygen atoms in total. The SMILES string of the molecule is CCCCCCCC(=O)Oc1ccc(C[C@H](N)C(=O)O)cc1OC. The molecule has 24 heavy (non-hydrogen) atoms. The minimum atomic E-state index is -1.06. The van der Waals surface area contributed by atoms with Crippen LogP contribution in [0.4, 0.5) is 0 Å². The van der Waals surface area contributed by atoms with Crippen molar-refractivity contribution in [1.29, 1.82) is 0 Å². The van der Waals surface area contributed by atoms with Gasteiger partial charge >= 0.3 is 11.9 Å². The van der Waals surface area contributed by atoms with E-state index in [2.05, 4.69) is 6.92 Å². The zero-order valence-electron chi connectivity index (χ0n) is 14.4. The van der Waals surface area contributed by atoms with Gasteiger partial charge in [0.25, 0.3) is 0 Å². The van der Waals surface area contributed by atoms with Crippen LogP contribution in [0.15, 0.2) is 18.2 Å². The Morgan fingerprint density at radius 3 is 2.50 bits per heavy atom. The molecule has 0 aliphatic carbocycles. The number of carboxylic acids is 1. The molecule has 1 atom stereocenters. The van der Waals surface area contributed by atoms with E-state index in [0.717, 1.165) is 19.3 Å². The van der Waals surface area contributed by atoms with Gasteiger partial charge in [-0.1, -0.05) is 38.7 Å². The van der Waals surface area contributed by atoms with Crippen LogP contribution in [0.5, 0.6) is 11.5 Å². The van der Waals surface area contributed by atoms with Gasteiger partial charge in [-0.05, 0) is 30.5 Å². The van der Waals surface area contributed by atoms with E-state index in [9.17, 15) is 9.59 Å². The lowest BCUT2D eigenvalue weighted by Crippen LogP contribution is -2.32. The van der Waals surface area contributed by atoms with E-state index in [-0.39, 0.29) is 12.4 Å². The van der Waals surface area contributed by atoms with E-state index < -0.39 is 12.0 Å². The van der Waals surface area contributed by atoms with Gasteiger partial charge in [-0.25, -0.2) is 0 Å². The number of unbranched alkanes of at least 4 members (excludes halogenated alkanes) is 4. The molecular weight excluding hydrogens is 310 g/mol. The number of hydrogen-bond acceptors (Lipinski definition) is 5. The summed E-state index contributed by atoms with van der Waals surface area (Å²) in [5.41, 5.74) is 6.23. The molecule has 0 amide bonds. The lowest BCUT2D eigenvalue weighted by molar-refractivity contribution is -0.138. The molecule has 1 aromatic carbocycles. The number of carbonyl (C=O) groups excluding carboxylic acids is 1. The maximum absolute atomic E-state index is 11.9. The van der Waals surface area contributed by atoms with Crippen LogP contribution in [0.3, 0.4) is 0 Å². The van der Waals surface area contributed by atoms with Crippen LogP contribution in [0, 0.1) is 0 Å². The van der Waals surface area contributed by atoms with Gasteiger partial charge in [0.2, 0.25) is 0 Å². The average Bonchev–Trinajstić information content (AvgIpc) is 2.55. The number of hydrogen-bond donors (Lipinski definition) is 2. The van der Waals surface area contributed by atoms with Gasteiger partial charge in [0.1, 0.15) is 6.04 Å². The minimum absolute atomic E-state index is 0.178. The fourth-order valence-electron chi connectivity index (χ4n) is 2.31. The number of methoxy groups -OCH3 is 1. The van der Waals surface area contributed by atoms with Gasteiger partial charge in [0, 0.05) is 6.42 Å². The summed E-state index contributed by atoms with van der Waals surface area (Å²) < 4.78 is 10.6. The molecule has 0 fully saturated rings. The van der Waals surface area contributed by atoms with Gasteiger partial charge < -0.3 is 20.3 Å². The zero-order valence-corrected chi connectivity index (χ0v) is 14.4. The molecule has 1 aromatic rings. The van der Waals surface area contributed by atoms with Crippen molar-refractivity contribution >= 4 is 11.9 Å². The Labute approximate surface area is 142 Å². The summed E-state index contributed by atoms with van der Waals surface area (Å²) in [5.74, 6) is -0.625. The minimum Gasteiger partial charge on any atom is -0.493 e. The molecular formula is C18H27NO5. The molecule has 0 radical (unpaired) electrons. The van der Waals surface area contributed by atoms with Crippen LogP contribution >= 0.6 is 0 Å². The normalized spacial score (nSPS) is 11.8. The first-order valence-electron chi connectivity index (χ1n) is 8.33. The Hall–Kier alpha value is -2.08. The topological polar surface area (TPSA) is 98.9 Å². The summed E-state index contributed by atoms with van der Waals surface area (Å²) in [6.07, 6.45) is 5.86. The third-order valence-corrected chi connectivity index (χ3v) is 3.71. The van der Waals surface area contributed by atoms with Crippen molar-refractivity contribution in [3.63, 3.8) is 0 Å². The van der Waals surface area contributed by atoms with Gasteiger partial charge in [0.05, 0.1) is 7.11 Å². The van der Waals surface area contributed by atoms with Crippen molar-refractivity contribution in [2.24, 2.45) is 5.73 Å². The molecule has 1 rings (SSSR count). The van der Waals surface area contributed by atoms with Crippen molar-refractivity contribution in [2.45, 2.75) is 57.9 Å². The van der Waals surface area contributed by atoms with Gasteiger partial charge in [-0.15, -0.1) is 0 Å². The first-order valence-corrected chi connectivity index (χ1v) is 8.33. The monoisotopic (exact) mass is 337 g/mol. The summed E-state index contributed by atoms with van der Waals surface area (Å²) in [5, 5.41) is 8.85. The maximum Gasteiger partial charge on any atom is 0.320 e. The second kappa shape index (κ2) is 10.6. The fourth-order valence-corrected chi connectivity index (χ4v) is 2.31. The Kier molecular flexibility index (Phi) is 8.86. The highest BCUT2D eigenvalue weighted by atomic mass is 16.6. The number of rotatable bonds is 11. The molecule has 0 bridgehead atoms. The largest absolute Gasteiger partial charge is 0.493 e. The van der Waals surface area contributed by atoms with Gasteiger partial charge in [-0.3, -0.25) is 9.59 Å². The first-order chi connectivity index (χ1) is 11.5. The van der Waals surface area contributed by atoms with Gasteiger partial charge in [-0.2, -0.15) is 0 Å². The molecule has 0 spiro atoms. The van der Waals surface area contributed by atoms with Crippen LogP contribution < -0.4 is 15.2 Å². The van der Waals surface area contributed by atoms with Crippen LogP contribution in [0.25, 0.3) is 0 Å². The highest BCUT2D eigenvalue weighted by Crippen LogP contribution is 2.29. The standard InChI is InChI=1S/C18H27NO5/c1-3-4-5-6-7-8-17(20)24-15-10-9-13(12-16(15)23-2)11-14(19)18(21)22/h9-10,12,14H,3-8,11,19H2,1-2H3,(H,21,22)/t14-/m0/s1. The third-order valence-electron chi connectivity index (χ3n) is 3.71. The molecule has 0 unspecified atom stereocenters. The van der Waals surface area contributed by atoms with E-state index in [1.165, 1.54) is 20.0 Å². The summed E-state index contributed by atoms with van der Waals surface area (Å²) in [6.45, 7) is 2.15. The van der Waals surface area contributed by atoms with Crippen molar-refractivity contribution in [3.8, 4) is 11.5 Å². The molecule has 0 heterocycles. The lowest BCUT2D eigenvalue weighted by atomic mass is 10.1. The molecule has 6 heteroatoms. The van der Waals surface area contributed by atoms with Crippen LogP contribution in [-0.2, 0) is 16.0 Å². The van der Waals surface area contributed by atoms with Crippen molar-refractivity contribution in [3.05, 3.63) is 23.8 Å². The molecule has 0 aromatic heterocycles. The number of ether oxygens (including phenoxy) is 2. The molecule has 0 aliphatic rings. The Morgan fingerprint density at radius 1 is 1.17 bits per heavy atom. The highest BCUT2D eigenvalue weighted by Gasteiger charge is 2.15. The second-order valence-corrected chi connectivity index (χ2v) is 5.77. The highest BCUT2D eigenvalue weighted by molar-refractivity contribution is 5.74. The van der Waals surface area contributed by atoms with Gasteiger partial charge in [0.15, 0.2) is 11.5 Å². The number of esters is 1. The smallest absolute Gasteiger partial charge is 0.320 e. The summed E-state index contributed by atoms with van der Waals surface area (Å²) in [7, 11) is 1.47. The van der Waals surface area contributed by atoms with E-state index in [1.807, 2.05) is 0 Å². The number of benzene rings is 1. The number of carbonyl (C=O) groups is 2. The maximum atomic E-state index is 11.9. The Balaban J connectivity index is 2.58. The Morgan fingerprint density at radius 2 is 1.88 bits per heavy atom. The van der Waals surface area contributed by atoms with Crippen LogP contribution in [0.2, 0.25) is 0 Å². The number of nitrogens with two attached hydrogens (primary N) is 1. The molecule has 3 N–H and O–H groups in total. The first kappa shape index (κ1) is 20.0. The molecule has 0 aliphatic heterocycles. The fraction of sp³-hybridized carbons (Fsp3) is 0.556. The molecule has 134 valence electrons. The van der Waals surface area contributed by atoms with E-state index in [0.29, 0.717) is 23.5 Å². The third kappa shape index (κ3) is 7.00. The van der Waals surface area contributed by atoms with Crippen molar-refractivity contribution in [1.82, 2.24) is 0 Å². The van der Waals surface area contributed by atoms with Crippen molar-refractivity contribution < 1.29 is 24.2 Å².